The lowest BCUT2D eigenvalue weighted by Crippen LogP contribution is -2.39. The largest absolute Gasteiger partial charge is 0.481 e. The third kappa shape index (κ3) is 1.49. The van der Waals surface area contributed by atoms with Gasteiger partial charge < -0.3 is 14.7 Å². The smallest absolute Gasteiger partial charge is 0.310 e. The summed E-state index contributed by atoms with van der Waals surface area (Å²) in [7, 11) is 0. The average molecular weight is 285 g/mol. The number of carbonyl (C=O) groups excluding carboxylic acids is 1. The number of nitrogens with zero attached hydrogens (tertiary/aromatic N) is 1. The van der Waals surface area contributed by atoms with Gasteiger partial charge >= 0.3 is 5.97 Å². The van der Waals surface area contributed by atoms with Crippen molar-refractivity contribution in [1.29, 1.82) is 0 Å². The number of aryl methyl sites for hydroxylation is 1. The average Bonchev–Trinajstić information content (AvgIpc) is 3.08. The molecule has 4 atom stereocenters. The number of para-hydroxylation sites is 1. The van der Waals surface area contributed by atoms with Crippen LogP contribution in [0.4, 0.5) is 5.69 Å². The van der Waals surface area contributed by atoms with E-state index in [1.165, 1.54) is 0 Å². The van der Waals surface area contributed by atoms with Gasteiger partial charge in [0.05, 0.1) is 18.6 Å². The maximum Gasteiger partial charge on any atom is 0.310 e. The number of aliphatic carboxylic acids is 1. The highest BCUT2D eigenvalue weighted by molar-refractivity contribution is 6.02. The van der Waals surface area contributed by atoms with E-state index < -0.39 is 29.5 Å². The summed E-state index contributed by atoms with van der Waals surface area (Å²) in [6.07, 6.45) is 3.18. The van der Waals surface area contributed by atoms with Crippen molar-refractivity contribution in [2.45, 2.75) is 18.6 Å². The first-order valence-corrected chi connectivity index (χ1v) is 7.00. The molecule has 0 aliphatic carbocycles. The Balaban J connectivity index is 1.78. The predicted octanol–water partition coefficient (Wildman–Crippen LogP) is 1.37. The van der Waals surface area contributed by atoms with Gasteiger partial charge in [0.25, 0.3) is 0 Å². The normalized spacial score (nSPS) is 36.3. The molecular formula is C16H15NO4. The maximum atomic E-state index is 12.8. The molecule has 0 unspecified atom stereocenters. The van der Waals surface area contributed by atoms with Crippen LogP contribution in [0, 0.1) is 18.8 Å². The molecule has 2 fully saturated rings. The molecule has 108 valence electrons. The van der Waals surface area contributed by atoms with E-state index in [9.17, 15) is 14.7 Å². The van der Waals surface area contributed by atoms with Crippen LogP contribution in [0.25, 0.3) is 0 Å². The Morgan fingerprint density at radius 1 is 1.43 bits per heavy atom. The third-order valence-electron chi connectivity index (χ3n) is 4.79. The number of carbonyl (C=O) groups is 2. The van der Waals surface area contributed by atoms with Crippen LogP contribution < -0.4 is 4.90 Å². The molecule has 2 saturated heterocycles. The summed E-state index contributed by atoms with van der Waals surface area (Å²) in [6.45, 7) is 2.33. The minimum Gasteiger partial charge on any atom is -0.481 e. The second kappa shape index (κ2) is 3.95. The van der Waals surface area contributed by atoms with Crippen molar-refractivity contribution in [3.63, 3.8) is 0 Å². The third-order valence-corrected chi connectivity index (χ3v) is 4.79. The van der Waals surface area contributed by atoms with Crippen LogP contribution in [0.1, 0.15) is 5.56 Å². The van der Waals surface area contributed by atoms with Crippen molar-refractivity contribution >= 4 is 17.6 Å². The number of fused-ring (bicyclic) bond motifs is 1. The fraction of sp³-hybridized carbons (Fsp3) is 0.375. The fourth-order valence-electron chi connectivity index (χ4n) is 3.85. The molecule has 5 nitrogen and oxygen atoms in total. The number of benzene rings is 1. The second-order valence-electron chi connectivity index (χ2n) is 5.95. The molecule has 1 amide bonds. The molecule has 1 N–H and O–H groups in total. The van der Waals surface area contributed by atoms with Crippen LogP contribution in [0.5, 0.6) is 0 Å². The molecule has 3 heterocycles. The van der Waals surface area contributed by atoms with E-state index in [1.54, 1.807) is 11.0 Å². The van der Waals surface area contributed by atoms with Crippen LogP contribution in [0.2, 0.25) is 0 Å². The van der Waals surface area contributed by atoms with Gasteiger partial charge in [0.15, 0.2) is 0 Å². The van der Waals surface area contributed by atoms with Crippen molar-refractivity contribution in [2.75, 3.05) is 11.4 Å². The molecule has 1 aromatic carbocycles. The predicted molar refractivity (Wildman–Crippen MR) is 74.9 cm³/mol. The lowest BCUT2D eigenvalue weighted by atomic mass is 9.77. The SMILES string of the molecule is Cc1ccccc1N1C[C@@]23C=C[C@@H](O2)[C@@H](C(=O)O)[C@@H]3C1=O. The Labute approximate surface area is 121 Å². The summed E-state index contributed by atoms with van der Waals surface area (Å²) in [4.78, 5) is 26.0. The highest BCUT2D eigenvalue weighted by Crippen LogP contribution is 2.52. The van der Waals surface area contributed by atoms with Crippen LogP contribution in [-0.2, 0) is 14.3 Å². The van der Waals surface area contributed by atoms with Crippen LogP contribution in [0.3, 0.4) is 0 Å². The van der Waals surface area contributed by atoms with Gasteiger partial charge in [-0.3, -0.25) is 9.59 Å². The first-order chi connectivity index (χ1) is 10.0. The zero-order valence-corrected chi connectivity index (χ0v) is 11.5. The number of carboxylic acid groups (broad SMARTS) is 1. The first kappa shape index (κ1) is 12.6. The summed E-state index contributed by atoms with van der Waals surface area (Å²) < 4.78 is 5.87. The van der Waals surface area contributed by atoms with Crippen molar-refractivity contribution in [3.05, 3.63) is 42.0 Å². The molecule has 0 aromatic heterocycles. The van der Waals surface area contributed by atoms with Gasteiger partial charge in [0, 0.05) is 5.69 Å². The van der Waals surface area contributed by atoms with E-state index in [-0.39, 0.29) is 5.91 Å². The molecule has 0 saturated carbocycles. The number of hydrogen-bond donors (Lipinski definition) is 1. The van der Waals surface area contributed by atoms with Gasteiger partial charge in [-0.15, -0.1) is 0 Å². The molecule has 5 heteroatoms. The fourth-order valence-corrected chi connectivity index (χ4v) is 3.85. The van der Waals surface area contributed by atoms with Gasteiger partial charge in [-0.1, -0.05) is 30.4 Å². The number of carboxylic acids is 1. The van der Waals surface area contributed by atoms with E-state index in [0.717, 1.165) is 11.3 Å². The highest BCUT2D eigenvalue weighted by Gasteiger charge is 2.67. The van der Waals surface area contributed by atoms with Crippen molar-refractivity contribution < 1.29 is 19.4 Å². The van der Waals surface area contributed by atoms with E-state index in [2.05, 4.69) is 0 Å². The molecule has 3 aliphatic heterocycles. The molecule has 4 rings (SSSR count). The lowest BCUT2D eigenvalue weighted by molar-refractivity contribution is -0.146. The van der Waals surface area contributed by atoms with Gasteiger partial charge in [0.1, 0.15) is 11.5 Å². The number of rotatable bonds is 2. The van der Waals surface area contributed by atoms with E-state index in [0.29, 0.717) is 6.54 Å². The summed E-state index contributed by atoms with van der Waals surface area (Å²) in [5, 5.41) is 9.42. The summed E-state index contributed by atoms with van der Waals surface area (Å²) in [5.41, 5.74) is 1.05. The van der Waals surface area contributed by atoms with Gasteiger partial charge in [-0.05, 0) is 18.6 Å². The summed E-state index contributed by atoms with van der Waals surface area (Å²) in [6, 6.07) is 7.62. The number of hydrogen-bond acceptors (Lipinski definition) is 3. The lowest BCUT2D eigenvalue weighted by Gasteiger charge is -2.22. The molecule has 1 spiro atoms. The van der Waals surface area contributed by atoms with Crippen molar-refractivity contribution in [1.82, 2.24) is 0 Å². The minimum atomic E-state index is -0.962. The zero-order valence-electron chi connectivity index (χ0n) is 11.5. The van der Waals surface area contributed by atoms with Gasteiger partial charge in [-0.25, -0.2) is 0 Å². The molecule has 3 aliphatic rings. The monoisotopic (exact) mass is 285 g/mol. The second-order valence-corrected chi connectivity index (χ2v) is 5.95. The summed E-state index contributed by atoms with van der Waals surface area (Å²) in [5.74, 6) is -2.51. The van der Waals surface area contributed by atoms with Gasteiger partial charge in [-0.2, -0.15) is 0 Å². The first-order valence-electron chi connectivity index (χ1n) is 7.00. The highest BCUT2D eigenvalue weighted by atomic mass is 16.5. The molecular weight excluding hydrogens is 270 g/mol. The van der Waals surface area contributed by atoms with Crippen LogP contribution in [0.15, 0.2) is 36.4 Å². The number of ether oxygens (including phenoxy) is 1. The Morgan fingerprint density at radius 3 is 2.90 bits per heavy atom. The Morgan fingerprint density at radius 2 is 2.19 bits per heavy atom. The van der Waals surface area contributed by atoms with E-state index >= 15 is 0 Å². The Bertz CT molecular complexity index is 683. The quantitative estimate of drug-likeness (QED) is 0.833. The molecule has 1 aromatic rings. The molecule has 21 heavy (non-hydrogen) atoms. The van der Waals surface area contributed by atoms with E-state index in [1.807, 2.05) is 37.3 Å². The zero-order chi connectivity index (χ0) is 14.8. The van der Waals surface area contributed by atoms with Crippen molar-refractivity contribution in [2.24, 2.45) is 11.8 Å². The van der Waals surface area contributed by atoms with E-state index in [4.69, 9.17) is 4.74 Å². The van der Waals surface area contributed by atoms with Crippen molar-refractivity contribution in [3.8, 4) is 0 Å². The Hall–Kier alpha value is -2.14. The Kier molecular flexibility index (Phi) is 2.37. The number of amides is 1. The van der Waals surface area contributed by atoms with Gasteiger partial charge in [0.2, 0.25) is 5.91 Å². The van der Waals surface area contributed by atoms with Crippen LogP contribution >= 0.6 is 0 Å². The standard InChI is InChI=1S/C16H15NO4/c1-9-4-2-3-5-10(9)17-8-16-7-6-11(21-16)12(15(19)20)13(16)14(17)18/h2-7,11-13H,8H2,1H3,(H,19,20)/t11-,12-,13-,16-/m1/s1. The minimum absolute atomic E-state index is 0.149. The summed E-state index contributed by atoms with van der Waals surface area (Å²) >= 11 is 0. The topological polar surface area (TPSA) is 66.8 Å². The maximum absolute atomic E-state index is 12.8. The molecule has 0 radical (unpaired) electrons. The van der Waals surface area contributed by atoms with Crippen LogP contribution in [-0.4, -0.2) is 35.2 Å². The number of anilines is 1. The molecule has 2 bridgehead atoms.